The molecule has 0 aliphatic carbocycles. The van der Waals surface area contributed by atoms with Gasteiger partial charge in [-0.05, 0) is 6.92 Å². The van der Waals surface area contributed by atoms with Crippen molar-refractivity contribution in [1.82, 2.24) is 19.3 Å². The number of rotatable bonds is 2. The predicted molar refractivity (Wildman–Crippen MR) is 53.4 cm³/mol. The maximum absolute atomic E-state index is 11.4. The molecular weight excluding hydrogens is 200 g/mol. The molecule has 2 rings (SSSR count). The van der Waals surface area contributed by atoms with E-state index < -0.39 is 0 Å². The molecule has 0 spiro atoms. The van der Waals surface area contributed by atoms with Crippen LogP contribution in [0.15, 0.2) is 16.5 Å². The Kier molecular flexibility index (Phi) is 2.20. The van der Waals surface area contributed by atoms with E-state index in [-0.39, 0.29) is 5.69 Å². The van der Waals surface area contributed by atoms with Gasteiger partial charge in [-0.15, -0.1) is 11.3 Å². The Labute approximate surface area is 84.6 Å². The van der Waals surface area contributed by atoms with Crippen LogP contribution in [0.4, 0.5) is 0 Å². The number of hydrogen-bond acceptors (Lipinski definition) is 4. The third-order valence-corrected chi connectivity index (χ3v) is 2.79. The van der Waals surface area contributed by atoms with Crippen LogP contribution in [-0.2, 0) is 13.6 Å². The largest absolute Gasteiger partial charge is 0.345 e. The van der Waals surface area contributed by atoms with Gasteiger partial charge in [-0.25, -0.2) is 14.5 Å². The van der Waals surface area contributed by atoms with Crippen molar-refractivity contribution in [1.29, 1.82) is 0 Å². The van der Waals surface area contributed by atoms with E-state index >= 15 is 0 Å². The molecule has 0 saturated heterocycles. The van der Waals surface area contributed by atoms with Crippen molar-refractivity contribution in [3.8, 4) is 0 Å². The molecule has 0 radical (unpaired) electrons. The first-order valence-corrected chi connectivity index (χ1v) is 5.04. The molecule has 74 valence electrons. The summed E-state index contributed by atoms with van der Waals surface area (Å²) in [5.74, 6) is 0. The number of aromatic nitrogens is 4. The second-order valence-electron chi connectivity index (χ2n) is 3.06. The Balaban J connectivity index is 2.27. The van der Waals surface area contributed by atoms with Crippen LogP contribution in [0.25, 0.3) is 0 Å². The van der Waals surface area contributed by atoms with Gasteiger partial charge in [-0.3, -0.25) is 4.57 Å². The molecule has 5 nitrogen and oxygen atoms in total. The average Bonchev–Trinajstić information content (AvgIpc) is 2.67. The number of nitrogens with zero attached hydrogens (tertiary/aromatic N) is 4. The summed E-state index contributed by atoms with van der Waals surface area (Å²) >= 11 is 1.54. The Hall–Kier alpha value is -1.43. The molecule has 0 aromatic carbocycles. The molecule has 0 atom stereocenters. The van der Waals surface area contributed by atoms with E-state index in [0.717, 1.165) is 10.7 Å². The zero-order chi connectivity index (χ0) is 10.1. The minimum atomic E-state index is -0.113. The van der Waals surface area contributed by atoms with Crippen LogP contribution in [0.5, 0.6) is 0 Å². The topological polar surface area (TPSA) is 52.7 Å². The van der Waals surface area contributed by atoms with Crippen molar-refractivity contribution in [3.63, 3.8) is 0 Å². The van der Waals surface area contributed by atoms with E-state index in [1.807, 2.05) is 12.3 Å². The first kappa shape index (κ1) is 9.14. The van der Waals surface area contributed by atoms with Gasteiger partial charge < -0.3 is 0 Å². The maximum Gasteiger partial charge on any atom is 0.345 e. The van der Waals surface area contributed by atoms with Gasteiger partial charge in [0, 0.05) is 18.1 Å². The lowest BCUT2D eigenvalue weighted by Gasteiger charge is -1.93. The highest BCUT2D eigenvalue weighted by molar-refractivity contribution is 7.09. The highest BCUT2D eigenvalue weighted by Gasteiger charge is 2.04. The average molecular weight is 210 g/mol. The molecule has 2 aromatic rings. The molecule has 0 fully saturated rings. The summed E-state index contributed by atoms with van der Waals surface area (Å²) in [5, 5.41) is 6.82. The third-order valence-electron chi connectivity index (χ3n) is 1.84. The van der Waals surface area contributed by atoms with Crippen LogP contribution in [0.2, 0.25) is 0 Å². The fourth-order valence-electron chi connectivity index (χ4n) is 1.13. The summed E-state index contributed by atoms with van der Waals surface area (Å²) in [5.41, 5.74) is 0.867. The number of aryl methyl sites for hydroxylation is 2. The first-order chi connectivity index (χ1) is 6.66. The van der Waals surface area contributed by atoms with Gasteiger partial charge in [-0.1, -0.05) is 0 Å². The third kappa shape index (κ3) is 1.60. The summed E-state index contributed by atoms with van der Waals surface area (Å²) in [4.78, 5) is 15.7. The summed E-state index contributed by atoms with van der Waals surface area (Å²) in [6.45, 7) is 2.39. The first-order valence-electron chi connectivity index (χ1n) is 4.16. The lowest BCUT2D eigenvalue weighted by atomic mass is 10.6. The van der Waals surface area contributed by atoms with Crippen LogP contribution in [0, 0.1) is 6.92 Å². The molecule has 14 heavy (non-hydrogen) atoms. The molecule has 6 heteroatoms. The normalized spacial score (nSPS) is 10.7. The standard InChI is InChI=1S/C8H10N4OS/c1-6-4-14-7(10-6)3-12-8(13)11(2)5-9-12/h4-5H,3H2,1-2H3. The molecule has 0 bridgehead atoms. The summed E-state index contributed by atoms with van der Waals surface area (Å²) in [7, 11) is 1.68. The van der Waals surface area contributed by atoms with Gasteiger partial charge in [-0.2, -0.15) is 5.10 Å². The second-order valence-corrected chi connectivity index (χ2v) is 4.01. The van der Waals surface area contributed by atoms with Gasteiger partial charge in [0.15, 0.2) is 0 Å². The van der Waals surface area contributed by atoms with Gasteiger partial charge >= 0.3 is 5.69 Å². The van der Waals surface area contributed by atoms with Crippen LogP contribution in [0.3, 0.4) is 0 Å². The molecule has 0 N–H and O–H groups in total. The van der Waals surface area contributed by atoms with Gasteiger partial charge in [0.05, 0.1) is 6.54 Å². The van der Waals surface area contributed by atoms with Crippen molar-refractivity contribution < 1.29 is 0 Å². The maximum atomic E-state index is 11.4. The second kappa shape index (κ2) is 3.38. The quantitative estimate of drug-likeness (QED) is 0.720. The van der Waals surface area contributed by atoms with Crippen LogP contribution in [0.1, 0.15) is 10.7 Å². The summed E-state index contributed by atoms with van der Waals surface area (Å²) in [6, 6.07) is 0. The lowest BCUT2D eigenvalue weighted by molar-refractivity contribution is 0.643. The van der Waals surface area contributed by atoms with E-state index in [4.69, 9.17) is 0 Å². The highest BCUT2D eigenvalue weighted by atomic mass is 32.1. The molecule has 2 aromatic heterocycles. The Bertz CT molecular complexity index is 495. The van der Waals surface area contributed by atoms with E-state index in [1.54, 1.807) is 18.4 Å². The van der Waals surface area contributed by atoms with E-state index in [9.17, 15) is 4.79 Å². The number of thiazole rings is 1. The SMILES string of the molecule is Cc1csc(Cn2ncn(C)c2=O)n1. The minimum absolute atomic E-state index is 0.113. The van der Waals surface area contributed by atoms with Crippen LogP contribution >= 0.6 is 11.3 Å². The molecule has 0 saturated carbocycles. The Morgan fingerprint density at radius 3 is 2.86 bits per heavy atom. The van der Waals surface area contributed by atoms with Gasteiger partial charge in [0.25, 0.3) is 0 Å². The van der Waals surface area contributed by atoms with Crippen molar-refractivity contribution in [3.05, 3.63) is 32.9 Å². The molecule has 0 aliphatic rings. The van der Waals surface area contributed by atoms with Crippen molar-refractivity contribution in [2.75, 3.05) is 0 Å². The minimum Gasteiger partial charge on any atom is -0.285 e. The summed E-state index contributed by atoms with van der Waals surface area (Å²) in [6.07, 6.45) is 1.50. The Morgan fingerprint density at radius 1 is 1.57 bits per heavy atom. The molecule has 0 unspecified atom stereocenters. The van der Waals surface area contributed by atoms with Gasteiger partial charge in [0.1, 0.15) is 11.3 Å². The predicted octanol–water partition coefficient (Wildman–Crippen LogP) is 0.395. The molecule has 2 heterocycles. The van der Waals surface area contributed by atoms with Crippen molar-refractivity contribution >= 4 is 11.3 Å². The molecular formula is C8H10N4OS. The van der Waals surface area contributed by atoms with Crippen molar-refractivity contribution in [2.45, 2.75) is 13.5 Å². The van der Waals surface area contributed by atoms with E-state index in [2.05, 4.69) is 10.1 Å². The van der Waals surface area contributed by atoms with Crippen molar-refractivity contribution in [2.24, 2.45) is 7.05 Å². The van der Waals surface area contributed by atoms with Gasteiger partial charge in [0.2, 0.25) is 0 Å². The number of hydrogen-bond donors (Lipinski definition) is 0. The zero-order valence-electron chi connectivity index (χ0n) is 7.97. The van der Waals surface area contributed by atoms with E-state index in [1.165, 1.54) is 15.6 Å². The summed E-state index contributed by atoms with van der Waals surface area (Å²) < 4.78 is 2.85. The molecule has 0 aliphatic heterocycles. The Morgan fingerprint density at radius 2 is 2.36 bits per heavy atom. The van der Waals surface area contributed by atoms with E-state index in [0.29, 0.717) is 6.54 Å². The monoisotopic (exact) mass is 210 g/mol. The fraction of sp³-hybridized carbons (Fsp3) is 0.375. The van der Waals surface area contributed by atoms with Crippen LogP contribution < -0.4 is 5.69 Å². The molecule has 0 amide bonds. The van der Waals surface area contributed by atoms with Crippen LogP contribution in [-0.4, -0.2) is 19.3 Å². The lowest BCUT2D eigenvalue weighted by Crippen LogP contribution is -2.23. The highest BCUT2D eigenvalue weighted by Crippen LogP contribution is 2.08. The zero-order valence-corrected chi connectivity index (χ0v) is 8.78. The smallest absolute Gasteiger partial charge is 0.285 e. The fourth-order valence-corrected chi connectivity index (χ4v) is 1.89.